The summed E-state index contributed by atoms with van der Waals surface area (Å²) in [7, 11) is -4.04. The maximum Gasteiger partial charge on any atom is 0.248 e. The van der Waals surface area contributed by atoms with E-state index in [0.717, 1.165) is 16.7 Å². The highest BCUT2D eigenvalue weighted by Gasteiger charge is 2.43. The molecule has 4 heteroatoms. The summed E-state index contributed by atoms with van der Waals surface area (Å²) in [6, 6.07) is 20.5. The van der Waals surface area contributed by atoms with Crippen molar-refractivity contribution in [1.29, 1.82) is 0 Å². The second-order valence-electron chi connectivity index (χ2n) is 6.69. The van der Waals surface area contributed by atoms with Crippen molar-refractivity contribution < 1.29 is 14.2 Å². The Kier molecular flexibility index (Phi) is 5.25. The van der Waals surface area contributed by atoms with Gasteiger partial charge in [0.05, 0.1) is 0 Å². The molecular weight excluding hydrogens is 355 g/mol. The van der Waals surface area contributed by atoms with Crippen molar-refractivity contribution in [2.24, 2.45) is 0 Å². The van der Waals surface area contributed by atoms with Crippen LogP contribution in [0.15, 0.2) is 72.8 Å². The Morgan fingerprint density at radius 1 is 0.704 bits per heavy atom. The standard InChI is InChI=1S/C23H21O3P/c1-16-14-17(2)21(18(3)15-16)23(25)27(26,20-12-8-5-9-13-20)22(24)19-10-6-4-7-11-19/h4-15H,1-3H3. The lowest BCUT2D eigenvalue weighted by Crippen LogP contribution is -2.21. The lowest BCUT2D eigenvalue weighted by Gasteiger charge is -2.19. The number of carbonyl (C=O) groups excluding carboxylic acids is 2. The fraction of sp³-hybridized carbons (Fsp3) is 0.130. The summed E-state index contributed by atoms with van der Waals surface area (Å²) in [6.07, 6.45) is 0. The van der Waals surface area contributed by atoms with Crippen LogP contribution in [0.5, 0.6) is 0 Å². The molecule has 0 aromatic heterocycles. The Morgan fingerprint density at radius 2 is 1.19 bits per heavy atom. The van der Waals surface area contributed by atoms with E-state index < -0.39 is 18.2 Å². The molecule has 27 heavy (non-hydrogen) atoms. The van der Waals surface area contributed by atoms with E-state index in [9.17, 15) is 14.2 Å². The quantitative estimate of drug-likeness (QED) is 0.569. The zero-order chi connectivity index (χ0) is 19.6. The molecule has 0 bridgehead atoms. The molecule has 1 atom stereocenters. The Hall–Kier alpha value is -2.77. The van der Waals surface area contributed by atoms with E-state index in [4.69, 9.17) is 0 Å². The van der Waals surface area contributed by atoms with Crippen molar-refractivity contribution in [3.05, 3.63) is 101 Å². The van der Waals surface area contributed by atoms with Crippen molar-refractivity contribution in [2.45, 2.75) is 20.8 Å². The molecule has 3 aromatic rings. The first-order valence-electron chi connectivity index (χ1n) is 8.74. The van der Waals surface area contributed by atoms with Gasteiger partial charge in [-0.3, -0.25) is 9.59 Å². The van der Waals surface area contributed by atoms with Crippen LogP contribution in [0.1, 0.15) is 37.4 Å². The Balaban J connectivity index is 2.25. The van der Waals surface area contributed by atoms with Crippen molar-refractivity contribution >= 4 is 23.5 Å². The van der Waals surface area contributed by atoms with Crippen LogP contribution in [-0.4, -0.2) is 11.0 Å². The van der Waals surface area contributed by atoms with E-state index in [0.29, 0.717) is 5.56 Å². The molecule has 0 amide bonds. The van der Waals surface area contributed by atoms with Crippen molar-refractivity contribution in [1.82, 2.24) is 0 Å². The van der Waals surface area contributed by atoms with Crippen LogP contribution in [0.3, 0.4) is 0 Å². The SMILES string of the molecule is Cc1cc(C)c(C(=O)P(=O)(C(=O)c2ccccc2)c2ccccc2)c(C)c1. The van der Waals surface area contributed by atoms with Crippen molar-refractivity contribution in [3.63, 3.8) is 0 Å². The molecule has 0 saturated carbocycles. The molecule has 0 N–H and O–H groups in total. The van der Waals surface area contributed by atoms with Gasteiger partial charge in [-0.25, -0.2) is 0 Å². The molecule has 3 nitrogen and oxygen atoms in total. The third kappa shape index (κ3) is 3.43. The topological polar surface area (TPSA) is 51.2 Å². The highest BCUT2D eigenvalue weighted by atomic mass is 31.2. The van der Waals surface area contributed by atoms with Crippen LogP contribution in [0.2, 0.25) is 0 Å². The molecule has 0 aliphatic rings. The Morgan fingerprint density at radius 3 is 1.70 bits per heavy atom. The number of hydrogen-bond acceptors (Lipinski definition) is 3. The zero-order valence-electron chi connectivity index (χ0n) is 15.6. The molecule has 0 spiro atoms. The molecule has 136 valence electrons. The average molecular weight is 376 g/mol. The number of aryl methyl sites for hydroxylation is 3. The first-order chi connectivity index (χ1) is 12.9. The third-order valence-electron chi connectivity index (χ3n) is 4.60. The van der Waals surface area contributed by atoms with Gasteiger partial charge in [0.25, 0.3) is 0 Å². The molecule has 0 fully saturated rings. The Labute approximate surface area is 159 Å². The average Bonchev–Trinajstić information content (AvgIpc) is 2.67. The monoisotopic (exact) mass is 376 g/mol. The highest BCUT2D eigenvalue weighted by Crippen LogP contribution is 2.51. The van der Waals surface area contributed by atoms with Gasteiger partial charge >= 0.3 is 0 Å². The number of hydrogen-bond donors (Lipinski definition) is 0. The normalized spacial score (nSPS) is 13.0. The van der Waals surface area contributed by atoms with Gasteiger partial charge < -0.3 is 4.57 Å². The molecule has 0 radical (unpaired) electrons. The summed E-state index contributed by atoms with van der Waals surface area (Å²) >= 11 is 0. The lowest BCUT2D eigenvalue weighted by molar-refractivity contribution is 0.104. The van der Waals surface area contributed by atoms with Crippen molar-refractivity contribution in [3.8, 4) is 0 Å². The predicted molar refractivity (Wildman–Crippen MR) is 109 cm³/mol. The van der Waals surface area contributed by atoms with E-state index in [-0.39, 0.29) is 10.9 Å². The van der Waals surface area contributed by atoms with Crippen molar-refractivity contribution in [2.75, 3.05) is 0 Å². The smallest absolute Gasteiger partial charge is 0.248 e. The maximum absolute atomic E-state index is 14.1. The lowest BCUT2D eigenvalue weighted by atomic mass is 10.0. The summed E-state index contributed by atoms with van der Waals surface area (Å²) in [5.41, 5.74) is 1.91. The summed E-state index contributed by atoms with van der Waals surface area (Å²) in [4.78, 5) is 26.8. The second-order valence-corrected chi connectivity index (χ2v) is 9.24. The molecule has 0 aliphatic carbocycles. The van der Waals surface area contributed by atoms with Crippen LogP contribution in [0.4, 0.5) is 0 Å². The van der Waals surface area contributed by atoms with Crippen LogP contribution >= 0.6 is 7.14 Å². The van der Waals surface area contributed by atoms with Gasteiger partial charge in [0.2, 0.25) is 18.2 Å². The maximum atomic E-state index is 14.1. The minimum atomic E-state index is -4.04. The van der Waals surface area contributed by atoms with Crippen LogP contribution < -0.4 is 5.30 Å². The summed E-state index contributed by atoms with van der Waals surface area (Å²) in [5, 5.41) is 0.267. The van der Waals surface area contributed by atoms with E-state index in [1.165, 1.54) is 0 Å². The molecular formula is C23H21O3P. The second kappa shape index (κ2) is 7.46. The highest BCUT2D eigenvalue weighted by molar-refractivity contribution is 8.01. The number of carbonyl (C=O) groups is 2. The zero-order valence-corrected chi connectivity index (χ0v) is 16.5. The summed E-state index contributed by atoms with van der Waals surface area (Å²) in [5.74, 6) is 0. The van der Waals surface area contributed by atoms with Crippen LogP contribution in [-0.2, 0) is 4.57 Å². The van der Waals surface area contributed by atoms with Gasteiger partial charge in [-0.15, -0.1) is 0 Å². The van der Waals surface area contributed by atoms with Gasteiger partial charge in [-0.05, 0) is 31.9 Å². The molecule has 3 aromatic carbocycles. The Bertz CT molecular complexity index is 1030. The predicted octanol–water partition coefficient (Wildman–Crippen LogP) is 5.28. The van der Waals surface area contributed by atoms with E-state index in [1.54, 1.807) is 60.7 Å². The first kappa shape index (κ1) is 19.0. The summed E-state index contributed by atoms with van der Waals surface area (Å²) < 4.78 is 14.1. The molecule has 3 rings (SSSR count). The largest absolute Gasteiger partial charge is 0.302 e. The van der Waals surface area contributed by atoms with Crippen LogP contribution in [0.25, 0.3) is 0 Å². The third-order valence-corrected chi connectivity index (χ3v) is 7.25. The van der Waals surface area contributed by atoms with E-state index >= 15 is 0 Å². The molecule has 0 aliphatic heterocycles. The van der Waals surface area contributed by atoms with Gasteiger partial charge in [-0.1, -0.05) is 78.4 Å². The summed E-state index contributed by atoms with van der Waals surface area (Å²) in [6.45, 7) is 5.57. The minimum absolute atomic E-state index is 0.267. The number of rotatable bonds is 5. The van der Waals surface area contributed by atoms with E-state index in [1.807, 2.05) is 32.9 Å². The van der Waals surface area contributed by atoms with Crippen LogP contribution in [0, 0.1) is 20.8 Å². The molecule has 0 heterocycles. The van der Waals surface area contributed by atoms with Gasteiger partial charge in [0.1, 0.15) is 0 Å². The van der Waals surface area contributed by atoms with Gasteiger partial charge in [0, 0.05) is 16.4 Å². The molecule has 1 unspecified atom stereocenters. The molecule has 0 saturated heterocycles. The fourth-order valence-corrected chi connectivity index (χ4v) is 5.83. The fourth-order valence-electron chi connectivity index (χ4n) is 3.40. The van der Waals surface area contributed by atoms with Gasteiger partial charge in [0.15, 0.2) is 0 Å². The minimum Gasteiger partial charge on any atom is -0.302 e. The first-order valence-corrected chi connectivity index (χ1v) is 10.4. The van der Waals surface area contributed by atoms with Gasteiger partial charge in [-0.2, -0.15) is 0 Å². The van der Waals surface area contributed by atoms with E-state index in [2.05, 4.69) is 0 Å². The number of benzene rings is 3.